The lowest BCUT2D eigenvalue weighted by molar-refractivity contribution is 0.0992. The van der Waals surface area contributed by atoms with Crippen LogP contribution in [0.4, 0.5) is 0 Å². The molecule has 3 N–H and O–H groups in total. The second kappa shape index (κ2) is 7.09. The van der Waals surface area contributed by atoms with Crippen LogP contribution >= 0.6 is 0 Å². The maximum Gasteiger partial charge on any atom is 0.200 e. The zero-order valence-electron chi connectivity index (χ0n) is 13.5. The number of hydrogen-bond donors (Lipinski definition) is 3. The Morgan fingerprint density at radius 3 is 2.16 bits per heavy atom. The molecule has 0 heterocycles. The first-order valence-electron chi connectivity index (χ1n) is 7.94. The van der Waals surface area contributed by atoms with Crippen molar-refractivity contribution in [2.45, 2.75) is 12.8 Å². The first-order chi connectivity index (χ1) is 12.1. The number of ketones is 1. The van der Waals surface area contributed by atoms with Crippen LogP contribution in [-0.2, 0) is 12.8 Å². The van der Waals surface area contributed by atoms with Gasteiger partial charge in [0.15, 0.2) is 17.3 Å². The van der Waals surface area contributed by atoms with Crippen LogP contribution < -0.4 is 0 Å². The summed E-state index contributed by atoms with van der Waals surface area (Å²) in [6.07, 6.45) is 0.570. The molecule has 0 aliphatic carbocycles. The average molecular weight is 334 g/mol. The molecule has 0 bridgehead atoms. The van der Waals surface area contributed by atoms with Gasteiger partial charge in [-0.25, -0.2) is 0 Å². The van der Waals surface area contributed by atoms with Crippen molar-refractivity contribution < 1.29 is 20.1 Å². The monoisotopic (exact) mass is 334 g/mol. The molecule has 3 aromatic rings. The molecule has 4 heteroatoms. The molecule has 0 fully saturated rings. The summed E-state index contributed by atoms with van der Waals surface area (Å²) in [6.45, 7) is 0. The Labute approximate surface area is 145 Å². The molecule has 0 spiro atoms. The van der Waals surface area contributed by atoms with E-state index < -0.39 is 5.75 Å². The van der Waals surface area contributed by atoms with E-state index in [2.05, 4.69) is 0 Å². The topological polar surface area (TPSA) is 77.8 Å². The minimum absolute atomic E-state index is 0.00992. The summed E-state index contributed by atoms with van der Waals surface area (Å²) in [6, 6.07) is 19.6. The highest BCUT2D eigenvalue weighted by Gasteiger charge is 2.16. The Balaban J connectivity index is 1.89. The van der Waals surface area contributed by atoms with E-state index in [1.807, 2.05) is 42.5 Å². The lowest BCUT2D eigenvalue weighted by Gasteiger charge is -2.11. The average Bonchev–Trinajstić information content (AvgIpc) is 2.63. The fourth-order valence-electron chi connectivity index (χ4n) is 2.78. The van der Waals surface area contributed by atoms with Crippen molar-refractivity contribution in [3.63, 3.8) is 0 Å². The number of Topliss-reactive ketones (excluding diaryl/α,β-unsaturated/α-hetero) is 1. The van der Waals surface area contributed by atoms with Gasteiger partial charge in [0.05, 0.1) is 0 Å². The summed E-state index contributed by atoms with van der Waals surface area (Å²) in [5, 5.41) is 29.1. The number of phenolic OH excluding ortho intramolecular Hbond substituents is 3. The van der Waals surface area contributed by atoms with Gasteiger partial charge in [-0.2, -0.15) is 0 Å². The Hall–Kier alpha value is -3.27. The molecule has 3 aromatic carbocycles. The lowest BCUT2D eigenvalue weighted by atomic mass is 9.94. The van der Waals surface area contributed by atoms with Gasteiger partial charge in [0, 0.05) is 24.0 Å². The van der Waals surface area contributed by atoms with Gasteiger partial charge in [-0.3, -0.25) is 4.79 Å². The van der Waals surface area contributed by atoms with Crippen LogP contribution in [0, 0.1) is 0 Å². The van der Waals surface area contributed by atoms with Crippen LogP contribution in [0.2, 0.25) is 0 Å². The van der Waals surface area contributed by atoms with Crippen LogP contribution in [0.5, 0.6) is 17.2 Å². The number of rotatable bonds is 5. The van der Waals surface area contributed by atoms with E-state index in [0.29, 0.717) is 17.5 Å². The molecule has 0 aliphatic heterocycles. The summed E-state index contributed by atoms with van der Waals surface area (Å²) >= 11 is 0. The molecule has 0 saturated carbocycles. The molecule has 0 unspecified atom stereocenters. The highest BCUT2D eigenvalue weighted by molar-refractivity contribution is 5.99. The van der Waals surface area contributed by atoms with Crippen LogP contribution in [-0.4, -0.2) is 21.1 Å². The maximum absolute atomic E-state index is 12.7. The van der Waals surface area contributed by atoms with E-state index in [1.165, 1.54) is 12.1 Å². The molecule has 0 atom stereocenters. The molecule has 0 saturated heterocycles. The Kier molecular flexibility index (Phi) is 4.70. The van der Waals surface area contributed by atoms with E-state index in [9.17, 15) is 20.1 Å². The van der Waals surface area contributed by atoms with Crippen molar-refractivity contribution >= 4 is 5.78 Å². The van der Waals surface area contributed by atoms with Gasteiger partial charge in [0.25, 0.3) is 0 Å². The first-order valence-corrected chi connectivity index (χ1v) is 7.94. The Bertz CT molecular complexity index is 901. The smallest absolute Gasteiger partial charge is 0.200 e. The second-order valence-corrected chi connectivity index (χ2v) is 5.86. The fraction of sp³-hybridized carbons (Fsp3) is 0.0952. The third kappa shape index (κ3) is 3.63. The number of aromatic hydroxyl groups is 3. The minimum Gasteiger partial charge on any atom is -0.504 e. The molecule has 126 valence electrons. The highest BCUT2D eigenvalue weighted by Crippen LogP contribution is 2.38. The van der Waals surface area contributed by atoms with Gasteiger partial charge in [-0.05, 0) is 17.2 Å². The zero-order valence-corrected chi connectivity index (χ0v) is 13.5. The predicted molar refractivity (Wildman–Crippen MR) is 95.2 cm³/mol. The number of hydrogen-bond acceptors (Lipinski definition) is 4. The zero-order chi connectivity index (χ0) is 17.8. The molecule has 3 rings (SSSR count). The quantitative estimate of drug-likeness (QED) is 0.490. The predicted octanol–water partition coefficient (Wildman–Crippen LogP) is 3.82. The van der Waals surface area contributed by atoms with E-state index in [-0.39, 0.29) is 23.7 Å². The third-order valence-corrected chi connectivity index (χ3v) is 4.12. The summed E-state index contributed by atoms with van der Waals surface area (Å²) in [4.78, 5) is 12.7. The van der Waals surface area contributed by atoms with Crippen molar-refractivity contribution in [3.05, 3.63) is 89.0 Å². The fourth-order valence-corrected chi connectivity index (χ4v) is 2.78. The molecule has 0 aliphatic rings. The van der Waals surface area contributed by atoms with E-state index >= 15 is 0 Å². The van der Waals surface area contributed by atoms with Crippen molar-refractivity contribution in [1.29, 1.82) is 0 Å². The SMILES string of the molecule is O=C(Cc1ccccc1)c1ccccc1Cc1ccc(O)c(O)c1O. The van der Waals surface area contributed by atoms with E-state index in [0.717, 1.165) is 11.1 Å². The van der Waals surface area contributed by atoms with Gasteiger partial charge in [-0.1, -0.05) is 60.7 Å². The third-order valence-electron chi connectivity index (χ3n) is 4.12. The van der Waals surface area contributed by atoms with Crippen molar-refractivity contribution in [2.75, 3.05) is 0 Å². The number of benzene rings is 3. The summed E-state index contributed by atoms with van der Waals surface area (Å²) in [5.74, 6) is -1.31. The molecule has 0 amide bonds. The van der Waals surface area contributed by atoms with E-state index in [4.69, 9.17) is 0 Å². The molecule has 0 aromatic heterocycles. The van der Waals surface area contributed by atoms with Crippen molar-refractivity contribution in [1.82, 2.24) is 0 Å². The van der Waals surface area contributed by atoms with Crippen LogP contribution in [0.25, 0.3) is 0 Å². The maximum atomic E-state index is 12.7. The Morgan fingerprint density at radius 2 is 1.40 bits per heavy atom. The van der Waals surface area contributed by atoms with Gasteiger partial charge >= 0.3 is 0 Å². The summed E-state index contributed by atoms with van der Waals surface area (Å²) < 4.78 is 0. The van der Waals surface area contributed by atoms with Gasteiger partial charge in [-0.15, -0.1) is 0 Å². The van der Waals surface area contributed by atoms with Crippen LogP contribution in [0.3, 0.4) is 0 Å². The molecule has 4 nitrogen and oxygen atoms in total. The standard InChI is InChI=1S/C21H18O4/c22-18-11-10-16(20(24)21(18)25)13-15-8-4-5-9-17(15)19(23)12-14-6-2-1-3-7-14/h1-11,22,24-25H,12-13H2. The number of phenols is 3. The molecular formula is C21H18O4. The number of carbonyl (C=O) groups is 1. The lowest BCUT2D eigenvalue weighted by Crippen LogP contribution is -2.07. The second-order valence-electron chi connectivity index (χ2n) is 5.86. The number of carbonyl (C=O) groups excluding carboxylic acids is 1. The molecular weight excluding hydrogens is 316 g/mol. The summed E-state index contributed by atoms with van der Waals surface area (Å²) in [5.41, 5.74) is 2.71. The minimum atomic E-state index is -0.550. The van der Waals surface area contributed by atoms with Crippen LogP contribution in [0.1, 0.15) is 27.0 Å². The van der Waals surface area contributed by atoms with Crippen molar-refractivity contribution in [2.24, 2.45) is 0 Å². The Morgan fingerprint density at radius 1 is 0.720 bits per heavy atom. The normalized spacial score (nSPS) is 10.6. The van der Waals surface area contributed by atoms with Crippen molar-refractivity contribution in [3.8, 4) is 17.2 Å². The first kappa shape index (κ1) is 16.6. The van der Waals surface area contributed by atoms with Gasteiger partial charge in [0.1, 0.15) is 0 Å². The van der Waals surface area contributed by atoms with Gasteiger partial charge < -0.3 is 15.3 Å². The largest absolute Gasteiger partial charge is 0.504 e. The van der Waals surface area contributed by atoms with Crippen LogP contribution in [0.15, 0.2) is 66.7 Å². The van der Waals surface area contributed by atoms with E-state index in [1.54, 1.807) is 12.1 Å². The van der Waals surface area contributed by atoms with Gasteiger partial charge in [0.2, 0.25) is 5.75 Å². The summed E-state index contributed by atoms with van der Waals surface area (Å²) in [7, 11) is 0. The molecule has 0 radical (unpaired) electrons. The molecule has 25 heavy (non-hydrogen) atoms. The highest BCUT2D eigenvalue weighted by atomic mass is 16.3.